The Balaban J connectivity index is 1.62. The number of hydrogen-bond acceptors (Lipinski definition) is 4. The molecular formula is C22H20N2O5. The number of imide groups is 1. The Bertz CT molecular complexity index is 1010. The van der Waals surface area contributed by atoms with E-state index < -0.39 is 29.7 Å². The Morgan fingerprint density at radius 2 is 1.72 bits per heavy atom. The zero-order valence-electron chi connectivity index (χ0n) is 15.9. The van der Waals surface area contributed by atoms with Gasteiger partial charge in [0, 0.05) is 11.6 Å². The third kappa shape index (κ3) is 3.40. The van der Waals surface area contributed by atoms with E-state index in [1.165, 1.54) is 30.0 Å². The second-order valence-electron chi connectivity index (χ2n) is 7.40. The lowest BCUT2D eigenvalue weighted by molar-refractivity contribution is -0.141. The summed E-state index contributed by atoms with van der Waals surface area (Å²) in [6.45, 7) is 1.63. The van der Waals surface area contributed by atoms with Crippen molar-refractivity contribution in [3.05, 3.63) is 70.8 Å². The highest BCUT2D eigenvalue weighted by Gasteiger charge is 2.40. The number of carbonyl (C=O) groups excluding carboxylic acids is 3. The fraction of sp³-hybridized carbons (Fsp3) is 0.273. The van der Waals surface area contributed by atoms with Gasteiger partial charge in [-0.2, -0.15) is 0 Å². The maximum absolute atomic E-state index is 13.0. The van der Waals surface area contributed by atoms with Crippen LogP contribution in [0.1, 0.15) is 56.4 Å². The van der Waals surface area contributed by atoms with Gasteiger partial charge in [0.25, 0.3) is 17.7 Å². The summed E-state index contributed by atoms with van der Waals surface area (Å²) in [5.74, 6) is -2.36. The van der Waals surface area contributed by atoms with E-state index in [2.05, 4.69) is 0 Å². The highest BCUT2D eigenvalue weighted by atomic mass is 16.4. The Labute approximate surface area is 167 Å². The van der Waals surface area contributed by atoms with Gasteiger partial charge < -0.3 is 10.0 Å². The van der Waals surface area contributed by atoms with Gasteiger partial charge in [-0.25, -0.2) is 4.79 Å². The largest absolute Gasteiger partial charge is 0.480 e. The first-order valence-electron chi connectivity index (χ1n) is 9.48. The molecular weight excluding hydrogens is 372 g/mol. The zero-order valence-corrected chi connectivity index (χ0v) is 15.9. The van der Waals surface area contributed by atoms with Gasteiger partial charge in [-0.3, -0.25) is 19.3 Å². The van der Waals surface area contributed by atoms with Crippen LogP contribution in [-0.4, -0.2) is 50.7 Å². The molecule has 0 spiro atoms. The number of hydrogen-bond donors (Lipinski definition) is 1. The summed E-state index contributed by atoms with van der Waals surface area (Å²) < 4.78 is 0. The Morgan fingerprint density at radius 3 is 2.34 bits per heavy atom. The normalized spacial score (nSPS) is 16.5. The summed E-state index contributed by atoms with van der Waals surface area (Å²) >= 11 is 0. The number of fused-ring (bicyclic) bond motifs is 1. The molecule has 1 N–H and O–H groups in total. The fourth-order valence-corrected chi connectivity index (χ4v) is 3.61. The monoisotopic (exact) mass is 392 g/mol. The molecule has 0 bridgehead atoms. The molecule has 2 aliphatic rings. The molecule has 1 fully saturated rings. The third-order valence-electron chi connectivity index (χ3n) is 5.35. The predicted octanol–water partition coefficient (Wildman–Crippen LogP) is 2.56. The molecule has 1 aliphatic heterocycles. The number of aliphatic carboxylic acids is 1. The molecule has 29 heavy (non-hydrogen) atoms. The molecule has 2 aromatic rings. The second kappa shape index (κ2) is 7.16. The highest BCUT2D eigenvalue weighted by Crippen LogP contribution is 2.32. The average molecular weight is 392 g/mol. The van der Waals surface area contributed by atoms with Gasteiger partial charge in [0.15, 0.2) is 0 Å². The minimum Gasteiger partial charge on any atom is -0.480 e. The van der Waals surface area contributed by atoms with Gasteiger partial charge in [-0.05, 0) is 43.5 Å². The molecule has 2 aromatic carbocycles. The number of nitrogens with zero attached hydrogens (tertiary/aromatic N) is 2. The number of carboxylic acids is 1. The van der Waals surface area contributed by atoms with Crippen molar-refractivity contribution in [2.45, 2.75) is 38.4 Å². The molecule has 1 unspecified atom stereocenters. The first-order chi connectivity index (χ1) is 13.9. The van der Waals surface area contributed by atoms with Crippen LogP contribution in [0.25, 0.3) is 0 Å². The number of carbonyl (C=O) groups is 4. The van der Waals surface area contributed by atoms with Gasteiger partial charge in [0.2, 0.25) is 0 Å². The summed E-state index contributed by atoms with van der Waals surface area (Å²) in [7, 11) is 0. The maximum atomic E-state index is 13.0. The second-order valence-corrected chi connectivity index (χ2v) is 7.40. The molecule has 3 amide bonds. The van der Waals surface area contributed by atoms with E-state index in [0.717, 1.165) is 23.3 Å². The molecule has 0 aromatic heterocycles. The SMILES string of the molecule is CC(C(=O)O)N(C(=O)c1ccc2c(c1)C(=O)N(Cc1ccccc1)C2=O)C1CC1. The van der Waals surface area contributed by atoms with Crippen molar-refractivity contribution in [2.24, 2.45) is 0 Å². The van der Waals surface area contributed by atoms with Crippen LogP contribution in [0.3, 0.4) is 0 Å². The first-order valence-corrected chi connectivity index (χ1v) is 9.48. The molecule has 4 rings (SSSR count). The highest BCUT2D eigenvalue weighted by molar-refractivity contribution is 6.22. The van der Waals surface area contributed by atoms with Crippen molar-refractivity contribution in [3.63, 3.8) is 0 Å². The van der Waals surface area contributed by atoms with Crippen LogP contribution in [0.5, 0.6) is 0 Å². The molecule has 7 nitrogen and oxygen atoms in total. The zero-order chi connectivity index (χ0) is 20.7. The molecule has 1 aliphatic carbocycles. The van der Waals surface area contributed by atoms with Crippen molar-refractivity contribution in [2.75, 3.05) is 0 Å². The molecule has 7 heteroatoms. The molecule has 1 saturated carbocycles. The van der Waals surface area contributed by atoms with E-state index in [1.54, 1.807) is 0 Å². The summed E-state index contributed by atoms with van der Waals surface area (Å²) in [6, 6.07) is 12.5. The van der Waals surface area contributed by atoms with E-state index in [4.69, 9.17) is 0 Å². The first kappa shape index (κ1) is 18.9. The van der Waals surface area contributed by atoms with Crippen LogP contribution >= 0.6 is 0 Å². The van der Waals surface area contributed by atoms with Gasteiger partial charge in [0.05, 0.1) is 17.7 Å². The maximum Gasteiger partial charge on any atom is 0.326 e. The van der Waals surface area contributed by atoms with Crippen molar-refractivity contribution in [1.29, 1.82) is 0 Å². The van der Waals surface area contributed by atoms with Crippen LogP contribution in [-0.2, 0) is 11.3 Å². The van der Waals surface area contributed by atoms with E-state index in [1.807, 2.05) is 30.3 Å². The van der Waals surface area contributed by atoms with E-state index in [0.29, 0.717) is 0 Å². The minimum atomic E-state index is -1.08. The Kier molecular flexibility index (Phi) is 4.66. The Morgan fingerprint density at radius 1 is 1.07 bits per heavy atom. The van der Waals surface area contributed by atoms with Crippen molar-refractivity contribution >= 4 is 23.7 Å². The molecule has 1 heterocycles. The van der Waals surface area contributed by atoms with Gasteiger partial charge in [-0.1, -0.05) is 30.3 Å². The van der Waals surface area contributed by atoms with Crippen LogP contribution in [0.2, 0.25) is 0 Å². The van der Waals surface area contributed by atoms with Crippen LogP contribution in [0.15, 0.2) is 48.5 Å². The Hall–Kier alpha value is -3.48. The number of amides is 3. The molecule has 0 radical (unpaired) electrons. The third-order valence-corrected chi connectivity index (χ3v) is 5.35. The van der Waals surface area contributed by atoms with E-state index in [-0.39, 0.29) is 29.3 Å². The smallest absolute Gasteiger partial charge is 0.326 e. The van der Waals surface area contributed by atoms with Crippen LogP contribution < -0.4 is 0 Å². The quantitative estimate of drug-likeness (QED) is 0.763. The average Bonchev–Trinajstić information content (AvgIpc) is 3.53. The molecule has 1 atom stereocenters. The lowest BCUT2D eigenvalue weighted by Crippen LogP contribution is -2.44. The summed E-state index contributed by atoms with van der Waals surface area (Å²) in [6.07, 6.45) is 1.52. The van der Waals surface area contributed by atoms with Crippen molar-refractivity contribution in [3.8, 4) is 0 Å². The van der Waals surface area contributed by atoms with Crippen LogP contribution in [0.4, 0.5) is 0 Å². The number of carboxylic acid groups (broad SMARTS) is 1. The lowest BCUT2D eigenvalue weighted by atomic mass is 10.0. The van der Waals surface area contributed by atoms with Crippen LogP contribution in [0, 0.1) is 0 Å². The molecule has 148 valence electrons. The molecule has 0 saturated heterocycles. The predicted molar refractivity (Wildman–Crippen MR) is 103 cm³/mol. The summed E-state index contributed by atoms with van der Waals surface area (Å²) in [5, 5.41) is 9.33. The van der Waals surface area contributed by atoms with Crippen molar-refractivity contribution < 1.29 is 24.3 Å². The lowest BCUT2D eigenvalue weighted by Gasteiger charge is -2.26. The van der Waals surface area contributed by atoms with Gasteiger partial charge in [0.1, 0.15) is 6.04 Å². The fourth-order valence-electron chi connectivity index (χ4n) is 3.61. The summed E-state index contributed by atoms with van der Waals surface area (Å²) in [5.41, 5.74) is 1.47. The van der Waals surface area contributed by atoms with Gasteiger partial charge in [-0.15, -0.1) is 0 Å². The van der Waals surface area contributed by atoms with E-state index in [9.17, 15) is 24.3 Å². The number of rotatable bonds is 6. The van der Waals surface area contributed by atoms with Crippen molar-refractivity contribution in [1.82, 2.24) is 9.80 Å². The number of benzene rings is 2. The van der Waals surface area contributed by atoms with Gasteiger partial charge >= 0.3 is 5.97 Å². The topological polar surface area (TPSA) is 95.0 Å². The summed E-state index contributed by atoms with van der Waals surface area (Å²) in [4.78, 5) is 52.4. The minimum absolute atomic E-state index is 0.103. The van der Waals surface area contributed by atoms with E-state index >= 15 is 0 Å². The standard InChI is InChI=1S/C22H20N2O5/c1-13(22(28)29)24(16-8-9-16)19(25)15-7-10-17-18(11-15)21(27)23(20(17)26)12-14-5-3-2-4-6-14/h2-7,10-11,13,16H,8-9,12H2,1H3,(H,28,29).